The Morgan fingerprint density at radius 3 is 2.79 bits per heavy atom. The molecular weight excluding hydrogens is 426 g/mol. The number of rotatable bonds is 2. The largest absolute Gasteiger partial charge is 0.367 e. The summed E-state index contributed by atoms with van der Waals surface area (Å²) in [5.74, 6) is 3.38. The molecule has 1 aromatic rings. The molecule has 1 amide bonds. The van der Waals surface area contributed by atoms with E-state index >= 15 is 0 Å². The monoisotopic (exact) mass is 457 g/mol. The standard InChI is InChI=1S/C24H32BrN3O/c1-23-11-8-18-16(4-7-20-24(18,2)12-9-22(29)28(20)3)17(23)5-6-19(23)27-21-14-15(25)10-13-26-21/h9-10,12-14,16-20H,4-8,11H2,1-3H3,(H,26,27)/t16-,17-,18+,19?,20?,23-,24+/m0/s1. The van der Waals surface area contributed by atoms with E-state index < -0.39 is 0 Å². The van der Waals surface area contributed by atoms with Crippen LogP contribution in [0.3, 0.4) is 0 Å². The second-order valence-corrected chi connectivity index (χ2v) is 11.2. The van der Waals surface area contributed by atoms with Crippen LogP contribution >= 0.6 is 15.9 Å². The van der Waals surface area contributed by atoms with Crippen LogP contribution in [0.5, 0.6) is 0 Å². The quantitative estimate of drug-likeness (QED) is 0.657. The maximum absolute atomic E-state index is 12.2. The average molecular weight is 458 g/mol. The number of nitrogens with zero attached hydrogens (tertiary/aromatic N) is 2. The van der Waals surface area contributed by atoms with Gasteiger partial charge in [-0.1, -0.05) is 35.9 Å². The van der Waals surface area contributed by atoms with E-state index in [-0.39, 0.29) is 11.3 Å². The number of fused-ring (bicyclic) bond motifs is 5. The SMILES string of the molecule is CN1C(=O)C=C[C@@]2(C)C1CC[C@@H]1[C@H]2CC[C@]2(C)C(Nc3cc(Br)ccn3)CC[C@@H]12. The molecule has 2 heterocycles. The highest BCUT2D eigenvalue weighted by atomic mass is 79.9. The van der Waals surface area contributed by atoms with E-state index in [4.69, 9.17) is 0 Å². The first-order valence-corrected chi connectivity index (χ1v) is 12.0. The molecule has 156 valence electrons. The minimum Gasteiger partial charge on any atom is -0.367 e. The number of likely N-dealkylation sites (N-methyl/N-ethyl adjacent to an activating group) is 1. The van der Waals surface area contributed by atoms with Crippen molar-refractivity contribution < 1.29 is 4.79 Å². The number of carbonyl (C=O) groups excluding carboxylic acids is 1. The van der Waals surface area contributed by atoms with E-state index in [1.807, 2.05) is 30.3 Å². The van der Waals surface area contributed by atoms with Crippen LogP contribution in [-0.2, 0) is 4.79 Å². The van der Waals surface area contributed by atoms with Crippen molar-refractivity contribution in [2.75, 3.05) is 12.4 Å². The lowest BCUT2D eigenvalue weighted by Gasteiger charge is -2.60. The summed E-state index contributed by atoms with van der Waals surface area (Å²) in [5.41, 5.74) is 0.457. The van der Waals surface area contributed by atoms with Crippen LogP contribution in [-0.4, -0.2) is 34.9 Å². The lowest BCUT2D eigenvalue weighted by molar-refractivity contribution is -0.138. The third kappa shape index (κ3) is 2.90. The van der Waals surface area contributed by atoms with Crippen LogP contribution in [0.4, 0.5) is 5.82 Å². The van der Waals surface area contributed by atoms with E-state index in [0.29, 0.717) is 23.4 Å². The van der Waals surface area contributed by atoms with E-state index in [1.165, 1.54) is 32.1 Å². The molecule has 2 unspecified atom stereocenters. The summed E-state index contributed by atoms with van der Waals surface area (Å²) in [6.45, 7) is 4.95. The Morgan fingerprint density at radius 1 is 1.17 bits per heavy atom. The van der Waals surface area contributed by atoms with Crippen molar-refractivity contribution in [1.82, 2.24) is 9.88 Å². The molecule has 1 aliphatic heterocycles. The summed E-state index contributed by atoms with van der Waals surface area (Å²) in [5, 5.41) is 3.79. The van der Waals surface area contributed by atoms with Crippen LogP contribution in [0.1, 0.15) is 52.4 Å². The predicted molar refractivity (Wildman–Crippen MR) is 119 cm³/mol. The number of amides is 1. The van der Waals surface area contributed by atoms with Crippen molar-refractivity contribution in [3.8, 4) is 0 Å². The molecule has 1 aromatic heterocycles. The Bertz CT molecular complexity index is 856. The highest BCUT2D eigenvalue weighted by Crippen LogP contribution is 2.64. The van der Waals surface area contributed by atoms with Gasteiger partial charge in [0, 0.05) is 35.2 Å². The van der Waals surface area contributed by atoms with Crippen molar-refractivity contribution in [1.29, 1.82) is 0 Å². The molecule has 0 radical (unpaired) electrons. The van der Waals surface area contributed by atoms with E-state index in [0.717, 1.165) is 28.5 Å². The van der Waals surface area contributed by atoms with Crippen molar-refractivity contribution >= 4 is 27.7 Å². The Balaban J connectivity index is 1.40. The van der Waals surface area contributed by atoms with Gasteiger partial charge in [0.25, 0.3) is 0 Å². The third-order valence-electron chi connectivity index (χ3n) is 9.17. The Morgan fingerprint density at radius 2 is 2.00 bits per heavy atom. The predicted octanol–water partition coefficient (Wildman–Crippen LogP) is 5.26. The number of aromatic nitrogens is 1. The van der Waals surface area contributed by atoms with Crippen molar-refractivity contribution in [2.45, 2.75) is 64.5 Å². The van der Waals surface area contributed by atoms with Gasteiger partial charge in [-0.15, -0.1) is 0 Å². The second-order valence-electron chi connectivity index (χ2n) is 10.3. The van der Waals surface area contributed by atoms with Gasteiger partial charge in [0.05, 0.1) is 0 Å². The molecule has 3 aliphatic carbocycles. The number of anilines is 1. The van der Waals surface area contributed by atoms with Gasteiger partial charge in [0.1, 0.15) is 5.82 Å². The molecule has 3 fully saturated rings. The molecule has 0 aromatic carbocycles. The van der Waals surface area contributed by atoms with E-state index in [9.17, 15) is 4.79 Å². The van der Waals surface area contributed by atoms with Crippen molar-refractivity contribution in [3.05, 3.63) is 35.0 Å². The molecule has 0 saturated heterocycles. The van der Waals surface area contributed by atoms with Crippen LogP contribution in [0.15, 0.2) is 35.0 Å². The van der Waals surface area contributed by atoms with Gasteiger partial charge in [-0.2, -0.15) is 0 Å². The van der Waals surface area contributed by atoms with Gasteiger partial charge in [-0.3, -0.25) is 4.79 Å². The molecular formula is C24H32BrN3O. The maximum Gasteiger partial charge on any atom is 0.246 e. The van der Waals surface area contributed by atoms with Crippen LogP contribution in [0.25, 0.3) is 0 Å². The number of nitrogens with one attached hydrogen (secondary N) is 1. The fraction of sp³-hybridized carbons (Fsp3) is 0.667. The lowest BCUT2D eigenvalue weighted by Crippen LogP contribution is -2.60. The molecule has 29 heavy (non-hydrogen) atoms. The van der Waals surface area contributed by atoms with Crippen LogP contribution in [0.2, 0.25) is 0 Å². The van der Waals surface area contributed by atoms with Crippen LogP contribution < -0.4 is 5.32 Å². The van der Waals surface area contributed by atoms with Gasteiger partial charge in [-0.05, 0) is 79.9 Å². The summed E-state index contributed by atoms with van der Waals surface area (Å²) in [4.78, 5) is 18.8. The smallest absolute Gasteiger partial charge is 0.246 e. The minimum absolute atomic E-state index is 0.129. The molecule has 5 heteroatoms. The molecule has 3 saturated carbocycles. The number of hydrogen-bond donors (Lipinski definition) is 1. The average Bonchev–Trinajstić information content (AvgIpc) is 3.02. The normalized spacial score (nSPS) is 43.5. The number of halogens is 1. The van der Waals surface area contributed by atoms with Crippen molar-refractivity contribution in [2.24, 2.45) is 28.6 Å². The summed E-state index contributed by atoms with van der Waals surface area (Å²) < 4.78 is 1.08. The first-order valence-electron chi connectivity index (χ1n) is 11.2. The van der Waals surface area contributed by atoms with Gasteiger partial charge < -0.3 is 10.2 Å². The Hall–Kier alpha value is -1.36. The molecule has 1 N–H and O–H groups in total. The van der Waals surface area contributed by atoms with Gasteiger partial charge in [0.2, 0.25) is 5.91 Å². The highest BCUT2D eigenvalue weighted by Gasteiger charge is 2.60. The zero-order valence-corrected chi connectivity index (χ0v) is 19.3. The zero-order chi connectivity index (χ0) is 20.4. The van der Waals surface area contributed by atoms with Crippen molar-refractivity contribution in [3.63, 3.8) is 0 Å². The number of carbonyl (C=O) groups is 1. The van der Waals surface area contributed by atoms with Gasteiger partial charge >= 0.3 is 0 Å². The molecule has 4 aliphatic rings. The summed E-state index contributed by atoms with van der Waals surface area (Å²) in [7, 11) is 2.00. The lowest BCUT2D eigenvalue weighted by atomic mass is 9.48. The summed E-state index contributed by atoms with van der Waals surface area (Å²) in [6, 6.07) is 4.93. The van der Waals surface area contributed by atoms with Gasteiger partial charge in [-0.25, -0.2) is 4.98 Å². The van der Waals surface area contributed by atoms with E-state index in [2.05, 4.69) is 52.2 Å². The minimum atomic E-state index is 0.129. The van der Waals surface area contributed by atoms with E-state index in [1.54, 1.807) is 0 Å². The zero-order valence-electron chi connectivity index (χ0n) is 17.7. The third-order valence-corrected chi connectivity index (χ3v) is 9.67. The fourth-order valence-corrected chi connectivity index (χ4v) is 7.97. The maximum atomic E-state index is 12.2. The molecule has 0 spiro atoms. The fourth-order valence-electron chi connectivity index (χ4n) is 7.64. The van der Waals surface area contributed by atoms with Crippen LogP contribution in [0, 0.1) is 28.6 Å². The Labute approximate surface area is 182 Å². The molecule has 5 rings (SSSR count). The summed E-state index contributed by atoms with van der Waals surface area (Å²) >= 11 is 3.57. The number of pyridine rings is 1. The molecule has 0 bridgehead atoms. The van der Waals surface area contributed by atoms with Gasteiger partial charge in [0.15, 0.2) is 0 Å². The Kier molecular flexibility index (Phi) is 4.61. The first kappa shape index (κ1) is 19.6. The second kappa shape index (κ2) is 6.83. The summed E-state index contributed by atoms with van der Waals surface area (Å²) in [6.07, 6.45) is 13.4. The molecule has 4 nitrogen and oxygen atoms in total. The topological polar surface area (TPSA) is 45.2 Å². The molecule has 7 atom stereocenters. The first-order chi connectivity index (χ1) is 13.8. The highest BCUT2D eigenvalue weighted by molar-refractivity contribution is 9.10. The number of hydrogen-bond acceptors (Lipinski definition) is 3.